The van der Waals surface area contributed by atoms with Crippen LogP contribution in [-0.4, -0.2) is 82.9 Å². The van der Waals surface area contributed by atoms with Crippen LogP contribution in [0.5, 0.6) is 0 Å². The summed E-state index contributed by atoms with van der Waals surface area (Å²) in [5, 5.41) is 10.9. The van der Waals surface area contributed by atoms with Gasteiger partial charge in [-0.1, -0.05) is 0 Å². The van der Waals surface area contributed by atoms with Crippen LogP contribution >= 0.6 is 0 Å². The Balaban J connectivity index is 1.55. The zero-order chi connectivity index (χ0) is 24.5. The molecule has 0 aromatic heterocycles. The van der Waals surface area contributed by atoms with Gasteiger partial charge in [-0.2, -0.15) is 0 Å². The van der Waals surface area contributed by atoms with Crippen LogP contribution in [0.3, 0.4) is 0 Å². The van der Waals surface area contributed by atoms with Crippen LogP contribution in [0.25, 0.3) is 0 Å². The Bertz CT molecular complexity index is 1210. The topological polar surface area (TPSA) is 113 Å². The molecule has 2 aromatic carbocycles. The third-order valence-corrected chi connectivity index (χ3v) is 7.14. The lowest BCUT2D eigenvalue weighted by molar-refractivity contribution is -0.385. The van der Waals surface area contributed by atoms with Crippen LogP contribution in [0.2, 0.25) is 0 Å². The summed E-state index contributed by atoms with van der Waals surface area (Å²) in [6.07, 6.45) is 1.10. The number of halogens is 1. The SMILES string of the molecule is CS(=O)(=O)c1ccc(N2CCOCC2)c(C(=O)N2CCN(c3ccc([N+](=O)[O-])cc3F)CC2)c1. The zero-order valence-corrected chi connectivity index (χ0v) is 19.5. The standard InChI is InChI=1S/C22H25FN4O6S/c1-34(31,32)17-3-5-20(25-10-12-33-13-11-25)18(15-17)22(28)26-8-6-24(7-9-26)21-4-2-16(27(29)30)14-19(21)23/h2-5,14-15H,6-13H2,1H3. The summed E-state index contributed by atoms with van der Waals surface area (Å²) in [5.74, 6) is -0.986. The number of sulfone groups is 1. The highest BCUT2D eigenvalue weighted by atomic mass is 32.2. The Hall–Kier alpha value is -3.25. The maximum atomic E-state index is 14.4. The van der Waals surface area contributed by atoms with Gasteiger partial charge in [0.15, 0.2) is 15.7 Å². The maximum Gasteiger partial charge on any atom is 0.272 e. The monoisotopic (exact) mass is 492 g/mol. The number of hydrogen-bond donors (Lipinski definition) is 0. The van der Waals surface area contributed by atoms with Gasteiger partial charge in [-0.15, -0.1) is 0 Å². The number of benzene rings is 2. The Morgan fingerprint density at radius 1 is 0.971 bits per heavy atom. The van der Waals surface area contributed by atoms with Crippen LogP contribution in [-0.2, 0) is 14.6 Å². The summed E-state index contributed by atoms with van der Waals surface area (Å²) in [5.41, 5.74) is 0.881. The number of non-ortho nitro benzene ring substituents is 1. The van der Waals surface area contributed by atoms with Crippen molar-refractivity contribution in [1.82, 2.24) is 4.90 Å². The molecule has 0 bridgehead atoms. The van der Waals surface area contributed by atoms with E-state index < -0.39 is 20.6 Å². The van der Waals surface area contributed by atoms with Gasteiger partial charge in [-0.3, -0.25) is 14.9 Å². The average molecular weight is 493 g/mol. The number of hydrogen-bond acceptors (Lipinski definition) is 8. The number of nitro benzene ring substituents is 1. The fraction of sp³-hybridized carbons (Fsp3) is 0.409. The van der Waals surface area contributed by atoms with Crippen molar-refractivity contribution in [3.63, 3.8) is 0 Å². The molecule has 2 aromatic rings. The van der Waals surface area contributed by atoms with Crippen molar-refractivity contribution < 1.29 is 27.3 Å². The quantitative estimate of drug-likeness (QED) is 0.460. The molecule has 2 aliphatic rings. The molecule has 2 aliphatic heterocycles. The Labute approximate surface area is 196 Å². The van der Waals surface area contributed by atoms with Crippen molar-refractivity contribution in [3.8, 4) is 0 Å². The van der Waals surface area contributed by atoms with E-state index in [1.807, 2.05) is 4.90 Å². The number of carbonyl (C=O) groups is 1. The number of piperazine rings is 1. The first kappa shape index (κ1) is 23.9. The molecule has 0 radical (unpaired) electrons. The minimum atomic E-state index is -3.51. The molecule has 34 heavy (non-hydrogen) atoms. The smallest absolute Gasteiger partial charge is 0.272 e. The number of amides is 1. The van der Waals surface area contributed by atoms with Crippen LogP contribution in [0.4, 0.5) is 21.5 Å². The molecule has 0 N–H and O–H groups in total. The Kier molecular flexibility index (Phi) is 6.71. The van der Waals surface area contributed by atoms with Gasteiger partial charge < -0.3 is 19.4 Å². The zero-order valence-electron chi connectivity index (χ0n) is 18.6. The third kappa shape index (κ3) is 4.97. The second-order valence-corrected chi connectivity index (χ2v) is 10.2. The first-order chi connectivity index (χ1) is 16.1. The van der Waals surface area contributed by atoms with Gasteiger partial charge in [-0.05, 0) is 24.3 Å². The molecule has 2 heterocycles. The number of anilines is 2. The number of morpholine rings is 1. The molecule has 1 amide bonds. The van der Waals surface area contributed by atoms with Gasteiger partial charge in [0.25, 0.3) is 11.6 Å². The molecular weight excluding hydrogens is 467 g/mol. The number of carbonyl (C=O) groups excluding carboxylic acids is 1. The largest absolute Gasteiger partial charge is 0.378 e. The number of nitro groups is 1. The van der Waals surface area contributed by atoms with E-state index in [4.69, 9.17) is 4.74 Å². The summed E-state index contributed by atoms with van der Waals surface area (Å²) < 4.78 is 44.1. The number of rotatable bonds is 5. The summed E-state index contributed by atoms with van der Waals surface area (Å²) >= 11 is 0. The molecule has 0 atom stereocenters. The number of ether oxygens (including phenoxy) is 1. The molecule has 182 valence electrons. The molecular formula is C22H25FN4O6S. The normalized spacial score (nSPS) is 17.1. The van der Waals surface area contributed by atoms with Crippen LogP contribution < -0.4 is 9.80 Å². The summed E-state index contributed by atoms with van der Waals surface area (Å²) in [7, 11) is -3.51. The van der Waals surface area contributed by atoms with E-state index in [9.17, 15) is 27.7 Å². The average Bonchev–Trinajstić information content (AvgIpc) is 2.83. The lowest BCUT2D eigenvalue weighted by atomic mass is 10.1. The van der Waals surface area contributed by atoms with Gasteiger partial charge in [0.1, 0.15) is 0 Å². The molecule has 12 heteroatoms. The highest BCUT2D eigenvalue weighted by Crippen LogP contribution is 2.29. The Morgan fingerprint density at radius 2 is 1.59 bits per heavy atom. The van der Waals surface area contributed by atoms with E-state index in [1.165, 1.54) is 24.3 Å². The van der Waals surface area contributed by atoms with E-state index in [0.29, 0.717) is 63.7 Å². The molecule has 0 saturated carbocycles. The predicted octanol–water partition coefficient (Wildman–Crippen LogP) is 1.94. The lowest BCUT2D eigenvalue weighted by Gasteiger charge is -2.37. The van der Waals surface area contributed by atoms with Gasteiger partial charge in [0, 0.05) is 57.3 Å². The van der Waals surface area contributed by atoms with Crippen molar-refractivity contribution in [3.05, 3.63) is 57.9 Å². The molecule has 0 spiro atoms. The fourth-order valence-corrected chi connectivity index (χ4v) is 4.83. The van der Waals surface area contributed by atoms with Crippen molar-refractivity contribution >= 4 is 32.8 Å². The molecule has 0 aliphatic carbocycles. The van der Waals surface area contributed by atoms with Crippen LogP contribution in [0.15, 0.2) is 41.3 Å². The van der Waals surface area contributed by atoms with E-state index in [2.05, 4.69) is 0 Å². The highest BCUT2D eigenvalue weighted by molar-refractivity contribution is 7.90. The first-order valence-corrected chi connectivity index (χ1v) is 12.7. The van der Waals surface area contributed by atoms with Gasteiger partial charge in [0.2, 0.25) is 0 Å². The third-order valence-electron chi connectivity index (χ3n) is 6.03. The van der Waals surface area contributed by atoms with E-state index in [0.717, 1.165) is 12.3 Å². The van der Waals surface area contributed by atoms with E-state index in [-0.39, 0.29) is 22.2 Å². The van der Waals surface area contributed by atoms with Gasteiger partial charge >= 0.3 is 0 Å². The second-order valence-electron chi connectivity index (χ2n) is 8.22. The molecule has 2 saturated heterocycles. The van der Waals surface area contributed by atoms with Crippen LogP contribution in [0.1, 0.15) is 10.4 Å². The van der Waals surface area contributed by atoms with Gasteiger partial charge in [0.05, 0.1) is 40.3 Å². The molecule has 2 fully saturated rings. The highest BCUT2D eigenvalue weighted by Gasteiger charge is 2.28. The van der Waals surface area contributed by atoms with Crippen LogP contribution in [0, 0.1) is 15.9 Å². The predicted molar refractivity (Wildman–Crippen MR) is 124 cm³/mol. The first-order valence-electron chi connectivity index (χ1n) is 10.8. The number of nitrogens with zero attached hydrogens (tertiary/aromatic N) is 4. The fourth-order valence-electron chi connectivity index (χ4n) is 4.18. The second kappa shape index (κ2) is 9.55. The van der Waals surface area contributed by atoms with Crippen molar-refractivity contribution in [2.45, 2.75) is 4.90 Å². The Morgan fingerprint density at radius 3 is 2.18 bits per heavy atom. The molecule has 0 unspecified atom stereocenters. The van der Waals surface area contributed by atoms with E-state index >= 15 is 0 Å². The minimum absolute atomic E-state index is 0.0689. The summed E-state index contributed by atoms with van der Waals surface area (Å²) in [4.78, 5) is 29.1. The molecule has 4 rings (SSSR count). The lowest BCUT2D eigenvalue weighted by Crippen LogP contribution is -2.49. The van der Waals surface area contributed by atoms with Crippen molar-refractivity contribution in [2.75, 3.05) is 68.5 Å². The van der Waals surface area contributed by atoms with Gasteiger partial charge in [-0.25, -0.2) is 12.8 Å². The maximum absolute atomic E-state index is 14.4. The summed E-state index contributed by atoms with van der Waals surface area (Å²) in [6, 6.07) is 8.10. The van der Waals surface area contributed by atoms with Crippen molar-refractivity contribution in [1.29, 1.82) is 0 Å². The minimum Gasteiger partial charge on any atom is -0.378 e. The van der Waals surface area contributed by atoms with E-state index in [1.54, 1.807) is 15.9 Å². The summed E-state index contributed by atoms with van der Waals surface area (Å²) in [6.45, 7) is 3.46. The van der Waals surface area contributed by atoms with Crippen molar-refractivity contribution in [2.24, 2.45) is 0 Å². The molecule has 10 nitrogen and oxygen atoms in total.